The lowest BCUT2D eigenvalue weighted by Crippen LogP contribution is -2.43. The topological polar surface area (TPSA) is 96.3 Å². The number of nitrogens with one attached hydrogen (secondary N) is 2. The number of imidazole rings is 1. The first-order chi connectivity index (χ1) is 11.4. The van der Waals surface area contributed by atoms with Gasteiger partial charge in [-0.3, -0.25) is 4.79 Å². The van der Waals surface area contributed by atoms with Gasteiger partial charge in [0.25, 0.3) is 10.0 Å². The van der Waals surface area contributed by atoms with Crippen LogP contribution in [-0.4, -0.2) is 60.5 Å². The van der Waals surface area contributed by atoms with Gasteiger partial charge >= 0.3 is 0 Å². The Hall–Kier alpha value is -1.45. The minimum atomic E-state index is -3.67. The van der Waals surface area contributed by atoms with Gasteiger partial charge in [0.2, 0.25) is 5.91 Å². The van der Waals surface area contributed by atoms with Gasteiger partial charge in [-0.1, -0.05) is 0 Å². The SMILES string of the molecule is Cc1nc(S(=O)(=O)NCCC(=O)N2C3CCNCC2CC3)cn1C. The highest BCUT2D eigenvalue weighted by Gasteiger charge is 2.37. The third kappa shape index (κ3) is 3.47. The van der Waals surface area contributed by atoms with Crippen molar-refractivity contribution in [3.05, 3.63) is 12.0 Å². The minimum Gasteiger partial charge on any atom is -0.337 e. The maximum absolute atomic E-state index is 12.5. The fourth-order valence-electron chi connectivity index (χ4n) is 3.54. The standard InChI is InChI=1S/C15H25N5O3S/c1-11-18-14(10-19(11)2)24(22,23)17-8-6-15(21)20-12-3-4-13(20)9-16-7-5-12/h10,12-13,16-17H,3-9H2,1-2H3. The van der Waals surface area contributed by atoms with E-state index >= 15 is 0 Å². The molecule has 1 amide bonds. The molecule has 8 nitrogen and oxygen atoms in total. The van der Waals surface area contributed by atoms with Crippen molar-refractivity contribution in [1.82, 2.24) is 24.5 Å². The van der Waals surface area contributed by atoms with Gasteiger partial charge in [-0.2, -0.15) is 0 Å². The van der Waals surface area contributed by atoms with E-state index in [4.69, 9.17) is 0 Å². The van der Waals surface area contributed by atoms with E-state index in [1.165, 1.54) is 6.20 Å². The molecule has 0 spiro atoms. The van der Waals surface area contributed by atoms with Crippen molar-refractivity contribution in [2.75, 3.05) is 19.6 Å². The van der Waals surface area contributed by atoms with E-state index in [-0.39, 0.29) is 29.9 Å². The van der Waals surface area contributed by atoms with E-state index in [1.54, 1.807) is 18.5 Å². The van der Waals surface area contributed by atoms with Gasteiger partial charge in [0.15, 0.2) is 5.03 Å². The zero-order valence-corrected chi connectivity index (χ0v) is 15.0. The van der Waals surface area contributed by atoms with Gasteiger partial charge in [-0.15, -0.1) is 0 Å². The molecular formula is C15H25N5O3S. The molecule has 9 heteroatoms. The van der Waals surface area contributed by atoms with Crippen molar-refractivity contribution in [3.8, 4) is 0 Å². The van der Waals surface area contributed by atoms with Crippen LogP contribution >= 0.6 is 0 Å². The maximum Gasteiger partial charge on any atom is 0.259 e. The summed E-state index contributed by atoms with van der Waals surface area (Å²) in [5.74, 6) is 0.659. The Morgan fingerprint density at radius 3 is 2.83 bits per heavy atom. The molecule has 2 bridgehead atoms. The number of aryl methyl sites for hydroxylation is 2. The number of sulfonamides is 1. The molecule has 0 radical (unpaired) electrons. The Labute approximate surface area is 142 Å². The van der Waals surface area contributed by atoms with Crippen LogP contribution in [0.5, 0.6) is 0 Å². The summed E-state index contributed by atoms with van der Waals surface area (Å²) in [6, 6.07) is 0.549. The Morgan fingerprint density at radius 1 is 1.38 bits per heavy atom. The maximum atomic E-state index is 12.5. The number of fused-ring (bicyclic) bond motifs is 2. The first-order valence-electron chi connectivity index (χ1n) is 8.40. The second kappa shape index (κ2) is 6.81. The van der Waals surface area contributed by atoms with Gasteiger partial charge in [0.05, 0.1) is 0 Å². The Bertz CT molecular complexity index is 681. The van der Waals surface area contributed by atoms with Crippen molar-refractivity contribution >= 4 is 15.9 Å². The van der Waals surface area contributed by atoms with Crippen LogP contribution < -0.4 is 10.0 Å². The summed E-state index contributed by atoms with van der Waals surface area (Å²) >= 11 is 0. The molecule has 1 aromatic rings. The molecule has 3 rings (SSSR count). The van der Waals surface area contributed by atoms with Crippen LogP contribution in [0.1, 0.15) is 31.5 Å². The molecule has 1 aromatic heterocycles. The van der Waals surface area contributed by atoms with E-state index in [9.17, 15) is 13.2 Å². The number of carbonyl (C=O) groups excluding carboxylic acids is 1. The number of hydrogen-bond acceptors (Lipinski definition) is 5. The first kappa shape index (κ1) is 17.4. The summed E-state index contributed by atoms with van der Waals surface area (Å²) < 4.78 is 28.6. The van der Waals surface area contributed by atoms with Crippen LogP contribution in [0.15, 0.2) is 11.2 Å². The van der Waals surface area contributed by atoms with Crippen LogP contribution in [0, 0.1) is 6.92 Å². The molecule has 2 unspecified atom stereocenters. The minimum absolute atomic E-state index is 0.00556. The summed E-state index contributed by atoms with van der Waals surface area (Å²) in [5.41, 5.74) is 0. The Morgan fingerprint density at radius 2 is 2.12 bits per heavy atom. The Kier molecular flexibility index (Phi) is 4.93. The fourth-order valence-corrected chi connectivity index (χ4v) is 4.61. The van der Waals surface area contributed by atoms with Crippen molar-refractivity contribution in [2.45, 2.75) is 49.7 Å². The zero-order chi connectivity index (χ0) is 17.3. The lowest BCUT2D eigenvalue weighted by molar-refractivity contribution is -0.133. The van der Waals surface area contributed by atoms with Crippen LogP contribution in [0.4, 0.5) is 0 Å². The summed E-state index contributed by atoms with van der Waals surface area (Å²) in [6.07, 6.45) is 4.71. The largest absolute Gasteiger partial charge is 0.337 e. The van der Waals surface area contributed by atoms with E-state index in [2.05, 4.69) is 15.0 Å². The summed E-state index contributed by atoms with van der Waals surface area (Å²) in [4.78, 5) is 18.5. The highest BCUT2D eigenvalue weighted by atomic mass is 32.2. The van der Waals surface area contributed by atoms with Crippen molar-refractivity contribution in [2.24, 2.45) is 7.05 Å². The molecule has 0 aromatic carbocycles. The Balaban J connectivity index is 1.57. The molecule has 2 fully saturated rings. The van der Waals surface area contributed by atoms with Crippen molar-refractivity contribution < 1.29 is 13.2 Å². The summed E-state index contributed by atoms with van der Waals surface area (Å²) in [6.45, 7) is 3.61. The van der Waals surface area contributed by atoms with Crippen molar-refractivity contribution in [3.63, 3.8) is 0 Å². The number of amides is 1. The van der Waals surface area contributed by atoms with E-state index in [0.29, 0.717) is 11.9 Å². The lowest BCUT2D eigenvalue weighted by atomic mass is 10.1. The molecular weight excluding hydrogens is 330 g/mol. The normalized spacial score (nSPS) is 24.2. The number of nitrogens with zero attached hydrogens (tertiary/aromatic N) is 3. The predicted octanol–water partition coefficient (Wildman–Crippen LogP) is -0.250. The molecule has 2 saturated heterocycles. The molecule has 2 atom stereocenters. The van der Waals surface area contributed by atoms with Gasteiger partial charge in [-0.25, -0.2) is 18.1 Å². The highest BCUT2D eigenvalue weighted by Crippen LogP contribution is 2.28. The van der Waals surface area contributed by atoms with E-state index < -0.39 is 10.0 Å². The van der Waals surface area contributed by atoms with Crippen LogP contribution in [0.3, 0.4) is 0 Å². The summed E-state index contributed by atoms with van der Waals surface area (Å²) in [5, 5.41) is 3.35. The van der Waals surface area contributed by atoms with Crippen molar-refractivity contribution in [1.29, 1.82) is 0 Å². The number of aromatic nitrogens is 2. The quantitative estimate of drug-likeness (QED) is 0.759. The van der Waals surface area contributed by atoms with Gasteiger partial charge in [0.1, 0.15) is 5.82 Å². The average molecular weight is 355 g/mol. The van der Waals surface area contributed by atoms with E-state index in [0.717, 1.165) is 32.4 Å². The monoisotopic (exact) mass is 355 g/mol. The van der Waals surface area contributed by atoms with E-state index in [1.807, 2.05) is 4.90 Å². The van der Waals surface area contributed by atoms with Gasteiger partial charge < -0.3 is 14.8 Å². The molecule has 24 heavy (non-hydrogen) atoms. The third-order valence-corrected chi connectivity index (χ3v) is 6.27. The lowest BCUT2D eigenvalue weighted by Gasteiger charge is -2.28. The molecule has 0 aliphatic carbocycles. The molecule has 2 aliphatic heterocycles. The molecule has 2 N–H and O–H groups in total. The van der Waals surface area contributed by atoms with Gasteiger partial charge in [0, 0.05) is 44.8 Å². The average Bonchev–Trinajstić information content (AvgIpc) is 2.98. The second-order valence-electron chi connectivity index (χ2n) is 6.56. The first-order valence-corrected chi connectivity index (χ1v) is 9.88. The summed E-state index contributed by atoms with van der Waals surface area (Å²) in [7, 11) is -1.93. The third-order valence-electron chi connectivity index (χ3n) is 4.93. The molecule has 2 aliphatic rings. The highest BCUT2D eigenvalue weighted by molar-refractivity contribution is 7.89. The smallest absolute Gasteiger partial charge is 0.259 e. The number of hydrogen-bond donors (Lipinski definition) is 2. The second-order valence-corrected chi connectivity index (χ2v) is 8.28. The molecule has 0 saturated carbocycles. The van der Waals surface area contributed by atoms with Crippen LogP contribution in [-0.2, 0) is 21.9 Å². The number of rotatable bonds is 5. The molecule has 134 valence electrons. The van der Waals surface area contributed by atoms with Crippen LogP contribution in [0.2, 0.25) is 0 Å². The predicted molar refractivity (Wildman–Crippen MR) is 88.9 cm³/mol. The van der Waals surface area contributed by atoms with Crippen LogP contribution in [0.25, 0.3) is 0 Å². The fraction of sp³-hybridized carbons (Fsp3) is 0.733. The number of carbonyl (C=O) groups is 1. The molecule has 3 heterocycles. The zero-order valence-electron chi connectivity index (χ0n) is 14.2. The van der Waals surface area contributed by atoms with Gasteiger partial charge in [-0.05, 0) is 32.7 Å².